The van der Waals surface area contributed by atoms with Gasteiger partial charge in [0, 0.05) is 12.6 Å². The van der Waals surface area contributed by atoms with Gasteiger partial charge >= 0.3 is 0 Å². The van der Waals surface area contributed by atoms with Crippen molar-refractivity contribution in [1.29, 1.82) is 0 Å². The molecule has 24 heavy (non-hydrogen) atoms. The SMILES string of the molecule is CON(C)C(=O)c1ccc(CC[C@H]2OC[C@H]3OC(C)(C)O[C@@H]23)cc1. The highest BCUT2D eigenvalue weighted by atomic mass is 16.8. The van der Waals surface area contributed by atoms with Crippen molar-refractivity contribution in [2.24, 2.45) is 0 Å². The first kappa shape index (κ1) is 17.4. The molecule has 0 saturated carbocycles. The van der Waals surface area contributed by atoms with Crippen LogP contribution >= 0.6 is 0 Å². The Hall–Kier alpha value is -1.47. The van der Waals surface area contributed by atoms with Crippen molar-refractivity contribution in [1.82, 2.24) is 5.06 Å². The first-order valence-electron chi connectivity index (χ1n) is 8.28. The maximum Gasteiger partial charge on any atom is 0.277 e. The van der Waals surface area contributed by atoms with Gasteiger partial charge < -0.3 is 14.2 Å². The molecule has 2 aliphatic heterocycles. The van der Waals surface area contributed by atoms with Gasteiger partial charge in [-0.05, 0) is 44.4 Å². The van der Waals surface area contributed by atoms with E-state index in [1.165, 1.54) is 12.2 Å². The van der Waals surface area contributed by atoms with Crippen molar-refractivity contribution in [3.63, 3.8) is 0 Å². The molecule has 132 valence electrons. The van der Waals surface area contributed by atoms with Gasteiger partial charge in [0.25, 0.3) is 5.91 Å². The molecule has 2 heterocycles. The Labute approximate surface area is 142 Å². The average Bonchev–Trinajstić information content (AvgIpc) is 3.07. The number of rotatable bonds is 5. The fourth-order valence-corrected chi connectivity index (χ4v) is 3.26. The van der Waals surface area contributed by atoms with Crippen molar-refractivity contribution in [2.75, 3.05) is 20.8 Å². The average molecular weight is 335 g/mol. The van der Waals surface area contributed by atoms with Crippen LogP contribution in [0, 0.1) is 0 Å². The molecule has 0 bridgehead atoms. The number of nitrogens with zero attached hydrogens (tertiary/aromatic N) is 1. The van der Waals surface area contributed by atoms with E-state index in [-0.39, 0.29) is 24.2 Å². The molecule has 3 rings (SSSR count). The summed E-state index contributed by atoms with van der Waals surface area (Å²) in [7, 11) is 3.06. The number of hydrogen-bond acceptors (Lipinski definition) is 5. The third kappa shape index (κ3) is 3.62. The Morgan fingerprint density at radius 3 is 2.67 bits per heavy atom. The summed E-state index contributed by atoms with van der Waals surface area (Å²) in [6.45, 7) is 4.47. The fraction of sp³-hybridized carbons (Fsp3) is 0.611. The van der Waals surface area contributed by atoms with E-state index in [1.807, 2.05) is 38.1 Å². The van der Waals surface area contributed by atoms with Gasteiger partial charge in [-0.1, -0.05) is 12.1 Å². The molecular formula is C18H25NO5. The van der Waals surface area contributed by atoms with Crippen LogP contribution in [0.4, 0.5) is 0 Å². The normalized spacial score (nSPS) is 27.9. The lowest BCUT2D eigenvalue weighted by Gasteiger charge is -2.21. The van der Waals surface area contributed by atoms with Gasteiger partial charge in [0.05, 0.1) is 19.8 Å². The Morgan fingerprint density at radius 2 is 2.00 bits per heavy atom. The summed E-state index contributed by atoms with van der Waals surface area (Å²) < 4.78 is 17.6. The Bertz CT molecular complexity index is 586. The molecule has 6 heteroatoms. The monoisotopic (exact) mass is 335 g/mol. The van der Waals surface area contributed by atoms with E-state index < -0.39 is 5.79 Å². The van der Waals surface area contributed by atoms with Crippen LogP contribution in [0.3, 0.4) is 0 Å². The quantitative estimate of drug-likeness (QED) is 0.772. The van der Waals surface area contributed by atoms with E-state index in [9.17, 15) is 4.79 Å². The highest BCUT2D eigenvalue weighted by Crippen LogP contribution is 2.36. The number of ether oxygens (including phenoxy) is 3. The van der Waals surface area contributed by atoms with Crippen molar-refractivity contribution in [3.05, 3.63) is 35.4 Å². The van der Waals surface area contributed by atoms with Gasteiger partial charge in [-0.3, -0.25) is 9.63 Å². The highest BCUT2D eigenvalue weighted by molar-refractivity contribution is 5.93. The molecule has 1 amide bonds. The molecule has 1 aromatic rings. The molecule has 2 aliphatic rings. The minimum absolute atomic E-state index is 0.0104. The van der Waals surface area contributed by atoms with Gasteiger partial charge in [-0.25, -0.2) is 5.06 Å². The van der Waals surface area contributed by atoms with Crippen molar-refractivity contribution in [2.45, 2.75) is 50.8 Å². The van der Waals surface area contributed by atoms with Crippen LogP contribution in [0.25, 0.3) is 0 Å². The summed E-state index contributed by atoms with van der Waals surface area (Å²) in [5, 5.41) is 1.21. The number of aryl methyl sites for hydroxylation is 1. The third-order valence-electron chi connectivity index (χ3n) is 4.54. The van der Waals surface area contributed by atoms with Crippen LogP contribution in [0.1, 0.15) is 36.2 Å². The van der Waals surface area contributed by atoms with Crippen LogP contribution in [-0.4, -0.2) is 55.8 Å². The number of fused-ring (bicyclic) bond motifs is 1. The number of hydrogen-bond donors (Lipinski definition) is 0. The fourth-order valence-electron chi connectivity index (χ4n) is 3.26. The second-order valence-corrected chi connectivity index (χ2v) is 6.73. The van der Waals surface area contributed by atoms with Crippen LogP contribution in [0.2, 0.25) is 0 Å². The molecule has 3 atom stereocenters. The van der Waals surface area contributed by atoms with E-state index in [4.69, 9.17) is 19.0 Å². The largest absolute Gasteiger partial charge is 0.373 e. The van der Waals surface area contributed by atoms with Crippen LogP contribution in [-0.2, 0) is 25.5 Å². The van der Waals surface area contributed by atoms with Crippen LogP contribution in [0.15, 0.2) is 24.3 Å². The molecule has 0 aliphatic carbocycles. The summed E-state index contributed by atoms with van der Waals surface area (Å²) in [5.41, 5.74) is 1.77. The van der Waals surface area contributed by atoms with Gasteiger partial charge in [0.15, 0.2) is 5.79 Å². The predicted octanol–water partition coefficient (Wildman–Crippen LogP) is 2.17. The standard InChI is InChI=1S/C18H25NO5/c1-18(2)23-15-11-22-14(16(15)24-18)10-7-12-5-8-13(9-6-12)17(20)19(3)21-4/h5-6,8-9,14-16H,7,10-11H2,1-4H3/t14-,15-,16+/m1/s1. The lowest BCUT2D eigenvalue weighted by Crippen LogP contribution is -2.29. The van der Waals surface area contributed by atoms with E-state index in [0.29, 0.717) is 12.2 Å². The molecule has 6 nitrogen and oxygen atoms in total. The zero-order valence-electron chi connectivity index (χ0n) is 14.7. The molecule has 2 saturated heterocycles. The molecule has 0 radical (unpaired) electrons. The molecular weight excluding hydrogens is 310 g/mol. The minimum Gasteiger partial charge on any atom is -0.373 e. The second kappa shape index (κ2) is 6.80. The van der Waals surface area contributed by atoms with E-state index in [1.54, 1.807) is 7.05 Å². The lowest BCUT2D eigenvalue weighted by molar-refractivity contribution is -0.175. The van der Waals surface area contributed by atoms with Gasteiger partial charge in [-0.15, -0.1) is 0 Å². The molecule has 2 fully saturated rings. The second-order valence-electron chi connectivity index (χ2n) is 6.73. The van der Waals surface area contributed by atoms with Crippen LogP contribution < -0.4 is 0 Å². The first-order chi connectivity index (χ1) is 11.4. The number of carbonyl (C=O) groups excluding carboxylic acids is 1. The maximum atomic E-state index is 12.0. The summed E-state index contributed by atoms with van der Waals surface area (Å²) in [6.07, 6.45) is 1.83. The zero-order valence-corrected chi connectivity index (χ0v) is 14.7. The van der Waals surface area contributed by atoms with Gasteiger partial charge in [0.2, 0.25) is 0 Å². The number of hydroxylamine groups is 2. The van der Waals surface area contributed by atoms with Gasteiger partial charge in [-0.2, -0.15) is 0 Å². The van der Waals surface area contributed by atoms with Crippen molar-refractivity contribution >= 4 is 5.91 Å². The Balaban J connectivity index is 1.55. The smallest absolute Gasteiger partial charge is 0.277 e. The molecule has 0 N–H and O–H groups in total. The van der Waals surface area contributed by atoms with Gasteiger partial charge in [0.1, 0.15) is 12.2 Å². The zero-order chi connectivity index (χ0) is 17.3. The Morgan fingerprint density at radius 1 is 1.29 bits per heavy atom. The predicted molar refractivity (Wildman–Crippen MR) is 87.4 cm³/mol. The highest BCUT2D eigenvalue weighted by Gasteiger charge is 2.49. The Kier molecular flexibility index (Phi) is 4.92. The molecule has 0 unspecified atom stereocenters. The topological polar surface area (TPSA) is 57.2 Å². The summed E-state index contributed by atoms with van der Waals surface area (Å²) in [6, 6.07) is 7.59. The summed E-state index contributed by atoms with van der Waals surface area (Å²) in [4.78, 5) is 16.9. The molecule has 0 aromatic heterocycles. The van der Waals surface area contributed by atoms with E-state index >= 15 is 0 Å². The summed E-state index contributed by atoms with van der Waals surface area (Å²) >= 11 is 0. The van der Waals surface area contributed by atoms with E-state index in [2.05, 4.69) is 0 Å². The van der Waals surface area contributed by atoms with Crippen molar-refractivity contribution in [3.8, 4) is 0 Å². The van der Waals surface area contributed by atoms with Crippen molar-refractivity contribution < 1.29 is 23.8 Å². The lowest BCUT2D eigenvalue weighted by atomic mass is 10.0. The van der Waals surface area contributed by atoms with E-state index in [0.717, 1.165) is 18.4 Å². The summed E-state index contributed by atoms with van der Waals surface area (Å²) in [5.74, 6) is -0.683. The van der Waals surface area contributed by atoms with Crippen LogP contribution in [0.5, 0.6) is 0 Å². The maximum absolute atomic E-state index is 12.0. The first-order valence-corrected chi connectivity index (χ1v) is 8.28. The number of amides is 1. The molecule has 0 spiro atoms. The minimum atomic E-state index is -0.521. The number of benzene rings is 1. The molecule has 1 aromatic carbocycles. The number of carbonyl (C=O) groups is 1. The third-order valence-corrected chi connectivity index (χ3v) is 4.54.